The average Bonchev–Trinajstić information content (AvgIpc) is 2.76. The van der Waals surface area contributed by atoms with Gasteiger partial charge in [0.2, 0.25) is 5.91 Å². The molecular formula is C25H24Cl2F3N3O2. The summed E-state index contributed by atoms with van der Waals surface area (Å²) in [7, 11) is 0. The molecular weight excluding hydrogens is 502 g/mol. The standard InChI is InChI=1S/C25H24Cl2F3N3O2/c1-14-7-9-16(12-19(14)27)20-5-4-6-21(33-23(35)32-20)17-11-15(8-10-18(17)26)13-31-22(34)24(2,3)25(28,29)30/h6-12H,4-5,13H2,1-3H3,(H,31,34)(H,33,35)/b21-6+,32-20?. The van der Waals surface area contributed by atoms with E-state index < -0.39 is 23.5 Å². The zero-order valence-electron chi connectivity index (χ0n) is 19.3. The lowest BCUT2D eigenvalue weighted by Gasteiger charge is -2.26. The van der Waals surface area contributed by atoms with Gasteiger partial charge in [0.1, 0.15) is 5.41 Å². The van der Waals surface area contributed by atoms with Crippen molar-refractivity contribution in [3.63, 3.8) is 0 Å². The van der Waals surface area contributed by atoms with Crippen LogP contribution in [0, 0.1) is 12.3 Å². The number of allylic oxidation sites excluding steroid dienone is 1. The van der Waals surface area contributed by atoms with Gasteiger partial charge in [-0.3, -0.25) is 4.79 Å². The molecule has 3 amide bonds. The van der Waals surface area contributed by atoms with E-state index in [2.05, 4.69) is 15.6 Å². The van der Waals surface area contributed by atoms with Crippen molar-refractivity contribution in [1.82, 2.24) is 10.6 Å². The van der Waals surface area contributed by atoms with E-state index in [0.717, 1.165) is 25.0 Å². The van der Waals surface area contributed by atoms with Crippen LogP contribution in [-0.2, 0) is 11.3 Å². The molecule has 0 radical (unpaired) electrons. The predicted octanol–water partition coefficient (Wildman–Crippen LogP) is 6.84. The quantitative estimate of drug-likeness (QED) is 0.448. The first-order chi connectivity index (χ1) is 16.3. The second kappa shape index (κ2) is 10.4. The molecule has 0 spiro atoms. The van der Waals surface area contributed by atoms with Gasteiger partial charge in [-0.2, -0.15) is 18.2 Å². The Hall–Kier alpha value is -2.84. The van der Waals surface area contributed by atoms with Gasteiger partial charge in [-0.05, 0) is 68.5 Å². The summed E-state index contributed by atoms with van der Waals surface area (Å²) in [5, 5.41) is 5.95. The number of halogens is 5. The van der Waals surface area contributed by atoms with E-state index in [0.29, 0.717) is 45.4 Å². The van der Waals surface area contributed by atoms with Crippen molar-refractivity contribution >= 4 is 46.5 Å². The monoisotopic (exact) mass is 525 g/mol. The molecule has 2 aromatic rings. The molecule has 0 saturated heterocycles. The molecule has 1 aliphatic rings. The van der Waals surface area contributed by atoms with Crippen molar-refractivity contribution in [2.45, 2.75) is 46.3 Å². The summed E-state index contributed by atoms with van der Waals surface area (Å²) in [6, 6.07) is 9.65. The van der Waals surface area contributed by atoms with Crippen LogP contribution in [0.2, 0.25) is 10.0 Å². The summed E-state index contributed by atoms with van der Waals surface area (Å²) in [6.07, 6.45) is -1.86. The van der Waals surface area contributed by atoms with Crippen LogP contribution in [0.15, 0.2) is 47.5 Å². The van der Waals surface area contributed by atoms with Crippen molar-refractivity contribution in [2.24, 2.45) is 10.4 Å². The second-order valence-corrected chi connectivity index (χ2v) is 9.54. The summed E-state index contributed by atoms with van der Waals surface area (Å²) in [5.41, 5.74) is 1.15. The molecule has 0 unspecified atom stereocenters. The second-order valence-electron chi connectivity index (χ2n) is 8.73. The van der Waals surface area contributed by atoms with Crippen molar-refractivity contribution < 1.29 is 22.8 Å². The Morgan fingerprint density at radius 2 is 1.83 bits per heavy atom. The third-order valence-electron chi connectivity index (χ3n) is 5.76. The van der Waals surface area contributed by atoms with Gasteiger partial charge in [0.25, 0.3) is 0 Å². The summed E-state index contributed by atoms with van der Waals surface area (Å²) < 4.78 is 39.3. The molecule has 0 saturated carbocycles. The van der Waals surface area contributed by atoms with Crippen molar-refractivity contribution in [1.29, 1.82) is 0 Å². The Balaban J connectivity index is 1.77. The van der Waals surface area contributed by atoms with Gasteiger partial charge in [0.15, 0.2) is 0 Å². The maximum atomic E-state index is 13.1. The first-order valence-corrected chi connectivity index (χ1v) is 11.5. The number of carbonyl (C=O) groups is 2. The van der Waals surface area contributed by atoms with Gasteiger partial charge in [-0.25, -0.2) is 4.79 Å². The molecule has 0 bridgehead atoms. The minimum absolute atomic E-state index is 0.139. The number of hydrogen-bond acceptors (Lipinski definition) is 2. The molecule has 5 nitrogen and oxygen atoms in total. The molecule has 35 heavy (non-hydrogen) atoms. The SMILES string of the molecule is Cc1ccc(C2=NC(=O)N/C(c3cc(CNC(=O)C(C)(C)C(F)(F)F)ccc3Cl)=C/CC2)cc1Cl. The van der Waals surface area contributed by atoms with E-state index in [1.807, 2.05) is 19.1 Å². The topological polar surface area (TPSA) is 70.6 Å². The molecule has 0 atom stereocenters. The fraction of sp³-hybridized carbons (Fsp3) is 0.320. The Labute approximate surface area is 211 Å². The lowest BCUT2D eigenvalue weighted by atomic mass is 9.91. The number of aliphatic imine (C=N–C) groups is 1. The smallest absolute Gasteiger partial charge is 0.351 e. The number of carbonyl (C=O) groups excluding carboxylic acids is 2. The maximum Gasteiger partial charge on any atom is 0.402 e. The van der Waals surface area contributed by atoms with Crippen molar-refractivity contribution in [3.05, 3.63) is 74.8 Å². The average molecular weight is 526 g/mol. The van der Waals surface area contributed by atoms with Gasteiger partial charge in [0.05, 0.1) is 5.71 Å². The normalized spacial score (nSPS) is 16.4. The van der Waals surface area contributed by atoms with E-state index in [1.54, 1.807) is 30.3 Å². The van der Waals surface area contributed by atoms with Gasteiger partial charge >= 0.3 is 12.2 Å². The first-order valence-electron chi connectivity index (χ1n) is 10.8. The van der Waals surface area contributed by atoms with Crippen LogP contribution in [0.25, 0.3) is 5.70 Å². The van der Waals surface area contributed by atoms with Crippen LogP contribution in [0.1, 0.15) is 48.9 Å². The lowest BCUT2D eigenvalue weighted by Crippen LogP contribution is -2.46. The molecule has 3 rings (SSSR count). The van der Waals surface area contributed by atoms with Gasteiger partial charge < -0.3 is 10.6 Å². The molecule has 0 aliphatic carbocycles. The molecule has 0 fully saturated rings. The maximum absolute atomic E-state index is 13.1. The Morgan fingerprint density at radius 3 is 2.49 bits per heavy atom. The summed E-state index contributed by atoms with van der Waals surface area (Å²) in [5.74, 6) is -1.14. The number of nitrogens with one attached hydrogen (secondary N) is 2. The number of urea groups is 1. The minimum atomic E-state index is -4.68. The number of aryl methyl sites for hydroxylation is 1. The third-order valence-corrected chi connectivity index (χ3v) is 6.50. The van der Waals surface area contributed by atoms with E-state index in [-0.39, 0.29) is 6.54 Å². The highest BCUT2D eigenvalue weighted by atomic mass is 35.5. The summed E-state index contributed by atoms with van der Waals surface area (Å²) in [4.78, 5) is 28.9. The number of nitrogens with zero attached hydrogens (tertiary/aromatic N) is 1. The fourth-order valence-electron chi connectivity index (χ4n) is 3.31. The van der Waals surface area contributed by atoms with Crippen molar-refractivity contribution in [2.75, 3.05) is 0 Å². The molecule has 2 N–H and O–H groups in total. The largest absolute Gasteiger partial charge is 0.402 e. The Kier molecular flexibility index (Phi) is 7.97. The Bertz CT molecular complexity index is 1220. The highest BCUT2D eigenvalue weighted by Crippen LogP contribution is 2.37. The summed E-state index contributed by atoms with van der Waals surface area (Å²) >= 11 is 12.6. The van der Waals surface area contributed by atoms with E-state index in [4.69, 9.17) is 23.2 Å². The number of rotatable bonds is 5. The molecule has 186 valence electrons. The molecule has 1 aliphatic heterocycles. The number of benzene rings is 2. The lowest BCUT2D eigenvalue weighted by molar-refractivity contribution is -0.211. The van der Waals surface area contributed by atoms with E-state index >= 15 is 0 Å². The Morgan fingerprint density at radius 1 is 1.11 bits per heavy atom. The molecule has 10 heteroatoms. The zero-order chi connectivity index (χ0) is 26.0. The third kappa shape index (κ3) is 6.24. The predicted molar refractivity (Wildman–Crippen MR) is 132 cm³/mol. The van der Waals surface area contributed by atoms with Crippen LogP contribution >= 0.6 is 23.2 Å². The fourth-order valence-corrected chi connectivity index (χ4v) is 3.71. The minimum Gasteiger partial charge on any atom is -0.351 e. The van der Waals surface area contributed by atoms with Crippen LogP contribution in [0.5, 0.6) is 0 Å². The highest BCUT2D eigenvalue weighted by molar-refractivity contribution is 6.32. The summed E-state index contributed by atoms with van der Waals surface area (Å²) in [6.45, 7) is 3.39. The van der Waals surface area contributed by atoms with Gasteiger partial charge in [-0.15, -0.1) is 0 Å². The van der Waals surface area contributed by atoms with Crippen LogP contribution in [0.4, 0.5) is 18.0 Å². The number of amides is 3. The van der Waals surface area contributed by atoms with Gasteiger partial charge in [-0.1, -0.05) is 47.5 Å². The number of hydrogen-bond donors (Lipinski definition) is 2. The molecule has 1 heterocycles. The van der Waals surface area contributed by atoms with Gasteiger partial charge in [0, 0.05) is 27.9 Å². The zero-order valence-corrected chi connectivity index (χ0v) is 20.8. The van der Waals surface area contributed by atoms with Crippen LogP contribution < -0.4 is 10.6 Å². The van der Waals surface area contributed by atoms with Crippen molar-refractivity contribution in [3.8, 4) is 0 Å². The highest BCUT2D eigenvalue weighted by Gasteiger charge is 2.52. The van der Waals surface area contributed by atoms with E-state index in [1.165, 1.54) is 0 Å². The van der Waals surface area contributed by atoms with Crippen LogP contribution in [0.3, 0.4) is 0 Å². The number of alkyl halides is 3. The van der Waals surface area contributed by atoms with Crippen LogP contribution in [-0.4, -0.2) is 23.8 Å². The van der Waals surface area contributed by atoms with E-state index in [9.17, 15) is 22.8 Å². The molecule has 0 aromatic heterocycles. The first kappa shape index (κ1) is 26.8. The molecule has 2 aromatic carbocycles.